The van der Waals surface area contributed by atoms with Gasteiger partial charge in [0.25, 0.3) is 0 Å². The number of nitrogens with zero attached hydrogens (tertiary/aromatic N) is 6. The number of imidazole rings is 2. The number of urea groups is 2. The van der Waals surface area contributed by atoms with Crippen LogP contribution in [-0.4, -0.2) is 88.5 Å². The Balaban J connectivity index is 0.000000186. The molecule has 8 rings (SSSR count). The molecule has 8 N–H and O–H groups in total. The third-order valence-electron chi connectivity index (χ3n) is 10.2. The van der Waals surface area contributed by atoms with Crippen LogP contribution in [0.25, 0.3) is 44.3 Å². The summed E-state index contributed by atoms with van der Waals surface area (Å²) < 4.78 is 43.0. The third kappa shape index (κ3) is 9.47. The molecule has 0 unspecified atom stereocenters. The summed E-state index contributed by atoms with van der Waals surface area (Å²) in [6.45, 7) is 12.0. The molecular weight excluding hydrogens is 807 g/mol. The van der Waals surface area contributed by atoms with E-state index in [4.69, 9.17) is 9.47 Å². The summed E-state index contributed by atoms with van der Waals surface area (Å²) in [6.07, 6.45) is 8.07. The van der Waals surface area contributed by atoms with Crippen molar-refractivity contribution in [2.45, 2.75) is 90.6 Å². The van der Waals surface area contributed by atoms with Gasteiger partial charge in [0.15, 0.2) is 11.6 Å². The molecule has 2 aliphatic rings. The number of fused-ring (bicyclic) bond motifs is 2. The normalized spacial score (nSPS) is 16.6. The van der Waals surface area contributed by atoms with Crippen LogP contribution < -0.4 is 21.3 Å². The molecule has 0 saturated carbocycles. The van der Waals surface area contributed by atoms with Crippen LogP contribution in [0, 0.1) is 11.6 Å². The zero-order chi connectivity index (χ0) is 44.3. The molecule has 0 aliphatic carbocycles. The zero-order valence-corrected chi connectivity index (χ0v) is 35.2. The van der Waals surface area contributed by atoms with Crippen molar-refractivity contribution in [1.82, 2.24) is 50.5 Å². The SMILES string of the molecule is CCNC(=O)Nc1nc2c([C@H]3CCCO3)c(F)c(-c3cnc(C(C)(C)O)nc3)cc2[nH]1.CCNC(=O)Nc1nc2c([C@H]3CCCO3)c(F)c(-c3cnc(C(C)(C)O)nc3)cc2[nH]1. The molecule has 328 valence electrons. The molecule has 20 heteroatoms. The molecule has 2 aliphatic heterocycles. The van der Waals surface area contributed by atoms with E-state index in [2.05, 4.69) is 61.1 Å². The van der Waals surface area contributed by atoms with Crippen LogP contribution in [0.3, 0.4) is 0 Å². The number of carbonyl (C=O) groups is 2. The number of ether oxygens (including phenoxy) is 2. The fraction of sp³-hybridized carbons (Fsp3) is 0.429. The summed E-state index contributed by atoms with van der Waals surface area (Å²) in [6, 6.07) is 2.41. The number of aromatic nitrogens is 8. The van der Waals surface area contributed by atoms with Crippen LogP contribution in [0.15, 0.2) is 36.9 Å². The number of hydrogen-bond donors (Lipinski definition) is 8. The second-order valence-electron chi connectivity index (χ2n) is 15.9. The van der Waals surface area contributed by atoms with Gasteiger partial charge in [0, 0.05) is 84.5 Å². The van der Waals surface area contributed by atoms with Crippen LogP contribution in [0.5, 0.6) is 0 Å². The Labute approximate surface area is 355 Å². The fourth-order valence-corrected chi connectivity index (χ4v) is 7.23. The predicted molar refractivity (Wildman–Crippen MR) is 226 cm³/mol. The second kappa shape index (κ2) is 18.0. The number of carbonyl (C=O) groups excluding carboxylic acids is 2. The highest BCUT2D eigenvalue weighted by Gasteiger charge is 2.31. The highest BCUT2D eigenvalue weighted by molar-refractivity contribution is 5.93. The van der Waals surface area contributed by atoms with Crippen LogP contribution in [0.2, 0.25) is 0 Å². The van der Waals surface area contributed by atoms with Crippen molar-refractivity contribution in [3.8, 4) is 22.3 Å². The fourth-order valence-electron chi connectivity index (χ4n) is 7.23. The third-order valence-corrected chi connectivity index (χ3v) is 10.2. The lowest BCUT2D eigenvalue weighted by molar-refractivity contribution is 0.0682. The van der Waals surface area contributed by atoms with E-state index in [0.29, 0.717) is 83.5 Å². The number of H-pyrrole nitrogens is 2. The molecule has 62 heavy (non-hydrogen) atoms. The Morgan fingerprint density at radius 2 is 1.06 bits per heavy atom. The van der Waals surface area contributed by atoms with E-state index in [1.54, 1.807) is 53.7 Å². The minimum absolute atomic E-state index is 0.213. The number of halogens is 2. The van der Waals surface area contributed by atoms with Gasteiger partial charge >= 0.3 is 12.1 Å². The monoisotopic (exact) mass is 856 g/mol. The number of rotatable bonds is 10. The quantitative estimate of drug-likeness (QED) is 0.0712. The van der Waals surface area contributed by atoms with Gasteiger partial charge in [-0.1, -0.05) is 0 Å². The predicted octanol–water partition coefficient (Wildman–Crippen LogP) is 6.76. The van der Waals surface area contributed by atoms with E-state index < -0.39 is 47.1 Å². The number of benzene rings is 2. The number of amides is 4. The molecule has 0 bridgehead atoms. The molecule has 4 aromatic heterocycles. The number of aromatic amines is 2. The summed E-state index contributed by atoms with van der Waals surface area (Å²) in [5.74, 6) is -0.0139. The number of anilines is 2. The first-order valence-corrected chi connectivity index (χ1v) is 20.4. The number of aliphatic hydroxyl groups is 2. The Morgan fingerprint density at radius 3 is 1.37 bits per heavy atom. The van der Waals surface area contributed by atoms with Gasteiger partial charge in [0.1, 0.15) is 22.8 Å². The van der Waals surface area contributed by atoms with Crippen LogP contribution >= 0.6 is 0 Å². The van der Waals surface area contributed by atoms with Crippen molar-refractivity contribution in [2.75, 3.05) is 36.9 Å². The molecular formula is C42H50F2N12O6. The lowest BCUT2D eigenvalue weighted by Crippen LogP contribution is -2.28. The number of hydrogen-bond acceptors (Lipinski definition) is 12. The van der Waals surface area contributed by atoms with Gasteiger partial charge in [-0.3, -0.25) is 10.6 Å². The largest absolute Gasteiger partial charge is 0.382 e. The highest BCUT2D eigenvalue weighted by Crippen LogP contribution is 2.41. The Morgan fingerprint density at radius 1 is 0.694 bits per heavy atom. The Hall–Kier alpha value is -6.22. The van der Waals surface area contributed by atoms with E-state index in [0.717, 1.165) is 12.8 Å². The standard InChI is InChI=1S/2C21H25FN6O3/c2*1-4-23-20(29)28-19-26-13-8-12(11-9-24-18(25-10-11)21(2,3)30)16(22)15(17(13)27-19)14-6-5-7-31-14/h2*8-10,14,30H,4-7H2,1-3H3,(H3,23,26,27,28,29)/t2*14-/m11/s1. The lowest BCUT2D eigenvalue weighted by Gasteiger charge is -2.17. The summed E-state index contributed by atoms with van der Waals surface area (Å²) in [5.41, 5.74) is 1.71. The van der Waals surface area contributed by atoms with Crippen molar-refractivity contribution in [2.24, 2.45) is 0 Å². The van der Waals surface area contributed by atoms with E-state index in [1.165, 1.54) is 24.8 Å². The molecule has 0 spiro atoms. The number of nitrogens with one attached hydrogen (secondary N) is 6. The summed E-state index contributed by atoms with van der Waals surface area (Å²) >= 11 is 0. The van der Waals surface area contributed by atoms with Crippen molar-refractivity contribution in [1.29, 1.82) is 0 Å². The van der Waals surface area contributed by atoms with Crippen molar-refractivity contribution in [3.05, 3.63) is 71.3 Å². The summed E-state index contributed by atoms with van der Waals surface area (Å²) in [4.78, 5) is 55.4. The van der Waals surface area contributed by atoms with Gasteiger partial charge in [0.2, 0.25) is 11.9 Å². The van der Waals surface area contributed by atoms with E-state index in [1.807, 2.05) is 0 Å². The minimum Gasteiger partial charge on any atom is -0.382 e. The minimum atomic E-state index is -1.20. The van der Waals surface area contributed by atoms with Crippen molar-refractivity contribution >= 4 is 46.0 Å². The average Bonchev–Trinajstić information content (AvgIpc) is 4.06. The van der Waals surface area contributed by atoms with E-state index in [9.17, 15) is 19.8 Å². The van der Waals surface area contributed by atoms with Gasteiger partial charge in [-0.2, -0.15) is 0 Å². The van der Waals surface area contributed by atoms with Crippen molar-refractivity contribution < 1.29 is 38.1 Å². The molecule has 6 aromatic rings. The highest BCUT2D eigenvalue weighted by atomic mass is 19.1. The zero-order valence-electron chi connectivity index (χ0n) is 35.2. The maximum Gasteiger partial charge on any atom is 0.321 e. The second-order valence-corrected chi connectivity index (χ2v) is 15.9. The summed E-state index contributed by atoms with van der Waals surface area (Å²) in [7, 11) is 0. The maximum atomic E-state index is 15.7. The van der Waals surface area contributed by atoms with Gasteiger partial charge in [-0.05, 0) is 79.4 Å². The van der Waals surface area contributed by atoms with Crippen LogP contribution in [-0.2, 0) is 20.7 Å². The molecule has 4 amide bonds. The molecule has 2 atom stereocenters. The first-order chi connectivity index (χ1) is 29.5. The van der Waals surface area contributed by atoms with Crippen molar-refractivity contribution in [3.63, 3.8) is 0 Å². The maximum absolute atomic E-state index is 15.7. The molecule has 2 fully saturated rings. The Bertz CT molecular complexity index is 2380. The first-order valence-electron chi connectivity index (χ1n) is 20.4. The van der Waals surface area contributed by atoms with Gasteiger partial charge in [-0.15, -0.1) is 0 Å². The van der Waals surface area contributed by atoms with E-state index >= 15 is 8.78 Å². The smallest absolute Gasteiger partial charge is 0.321 e. The summed E-state index contributed by atoms with van der Waals surface area (Å²) in [5, 5.41) is 30.7. The topological polar surface area (TPSA) is 250 Å². The molecule has 0 radical (unpaired) electrons. The Kier molecular flexibility index (Phi) is 12.7. The van der Waals surface area contributed by atoms with Gasteiger partial charge < -0.3 is 40.3 Å². The van der Waals surface area contributed by atoms with Gasteiger partial charge in [-0.25, -0.2) is 48.3 Å². The first kappa shape index (κ1) is 43.9. The van der Waals surface area contributed by atoms with Gasteiger partial charge in [0.05, 0.1) is 34.3 Å². The molecule has 2 aromatic carbocycles. The lowest BCUT2D eigenvalue weighted by atomic mass is 9.98. The molecule has 18 nitrogen and oxygen atoms in total. The molecule has 6 heterocycles. The average molecular weight is 857 g/mol. The van der Waals surface area contributed by atoms with Crippen LogP contribution in [0.1, 0.15) is 102 Å². The molecule has 2 saturated heterocycles. The van der Waals surface area contributed by atoms with E-state index in [-0.39, 0.29) is 34.7 Å². The van der Waals surface area contributed by atoms with Crippen LogP contribution in [0.4, 0.5) is 30.3 Å².